The van der Waals surface area contributed by atoms with Gasteiger partial charge in [-0.1, -0.05) is 6.07 Å². The average Bonchev–Trinajstić information content (AvgIpc) is 2.61. The van der Waals surface area contributed by atoms with Crippen LogP contribution in [-0.4, -0.2) is 27.5 Å². The molecule has 14 heavy (non-hydrogen) atoms. The van der Waals surface area contributed by atoms with Crippen LogP contribution in [0.3, 0.4) is 0 Å². The van der Waals surface area contributed by atoms with Gasteiger partial charge in [0.15, 0.2) is 0 Å². The molecule has 1 amide bonds. The van der Waals surface area contributed by atoms with Crippen LogP contribution < -0.4 is 0 Å². The number of benzene rings is 1. The number of carbonyl (C=O) groups is 1. The van der Waals surface area contributed by atoms with Gasteiger partial charge in [0.1, 0.15) is 11.0 Å². The zero-order valence-corrected chi connectivity index (χ0v) is 7.56. The molecule has 2 aromatic rings. The number of aliphatic imine (C=N–C) groups is 1. The molecule has 0 spiro atoms. The molecule has 1 N–H and O–H groups in total. The third kappa shape index (κ3) is 1.66. The molecule has 0 atom stereocenters. The van der Waals surface area contributed by atoms with Crippen molar-refractivity contribution in [3.05, 3.63) is 23.8 Å². The van der Waals surface area contributed by atoms with Gasteiger partial charge in [0.2, 0.25) is 5.91 Å². The molecule has 0 fully saturated rings. The molecule has 2 rings (SSSR count). The minimum atomic E-state index is -0.217. The molecule has 1 aromatic heterocycles. The van der Waals surface area contributed by atoms with E-state index in [2.05, 4.69) is 20.4 Å². The van der Waals surface area contributed by atoms with Crippen LogP contribution >= 0.6 is 0 Å². The van der Waals surface area contributed by atoms with Gasteiger partial charge in [-0.05, 0) is 17.7 Å². The summed E-state index contributed by atoms with van der Waals surface area (Å²) in [7, 11) is 0. The molecule has 1 aromatic carbocycles. The first-order valence-electron chi connectivity index (χ1n) is 4.11. The first-order chi connectivity index (χ1) is 6.75. The average molecular weight is 188 g/mol. The van der Waals surface area contributed by atoms with Crippen LogP contribution in [0.4, 0.5) is 0 Å². The maximum Gasteiger partial charge on any atom is 0.242 e. The number of aromatic amines is 1. The Balaban J connectivity index is 2.39. The van der Waals surface area contributed by atoms with E-state index >= 15 is 0 Å². The number of fused-ring (bicyclic) bond motifs is 1. The van der Waals surface area contributed by atoms with E-state index in [0.717, 1.165) is 16.6 Å². The van der Waals surface area contributed by atoms with E-state index in [1.807, 2.05) is 18.2 Å². The van der Waals surface area contributed by atoms with Crippen LogP contribution in [0.25, 0.3) is 11.0 Å². The highest BCUT2D eigenvalue weighted by Gasteiger charge is 1.97. The zero-order chi connectivity index (χ0) is 9.97. The molecule has 0 bridgehead atoms. The van der Waals surface area contributed by atoms with E-state index in [-0.39, 0.29) is 5.91 Å². The van der Waals surface area contributed by atoms with Crippen LogP contribution in [0.15, 0.2) is 23.2 Å². The fraction of sp³-hybridized carbons (Fsp3) is 0.111. The Hall–Kier alpha value is -2.04. The van der Waals surface area contributed by atoms with Gasteiger partial charge in [0.05, 0.1) is 0 Å². The third-order valence-electron chi connectivity index (χ3n) is 1.74. The predicted molar refractivity (Wildman–Crippen MR) is 52.2 cm³/mol. The van der Waals surface area contributed by atoms with Crippen molar-refractivity contribution in [1.29, 1.82) is 0 Å². The van der Waals surface area contributed by atoms with Gasteiger partial charge < -0.3 is 0 Å². The van der Waals surface area contributed by atoms with Crippen molar-refractivity contribution in [1.82, 2.24) is 15.4 Å². The summed E-state index contributed by atoms with van der Waals surface area (Å²) in [4.78, 5) is 14.3. The summed E-state index contributed by atoms with van der Waals surface area (Å²) in [6.45, 7) is 1.41. The lowest BCUT2D eigenvalue weighted by Crippen LogP contribution is -1.86. The number of amides is 1. The first kappa shape index (κ1) is 8.55. The van der Waals surface area contributed by atoms with Crippen LogP contribution in [0, 0.1) is 0 Å². The summed E-state index contributed by atoms with van der Waals surface area (Å²) >= 11 is 0. The van der Waals surface area contributed by atoms with Gasteiger partial charge in [-0.2, -0.15) is 15.4 Å². The summed E-state index contributed by atoms with van der Waals surface area (Å²) in [5, 5.41) is 10.3. The SMILES string of the molecule is CC(=O)N=Cc1ccc2n[nH]nc2c1. The van der Waals surface area contributed by atoms with Gasteiger partial charge >= 0.3 is 0 Å². The second-order valence-corrected chi connectivity index (χ2v) is 2.85. The van der Waals surface area contributed by atoms with Gasteiger partial charge in [-0.15, -0.1) is 0 Å². The standard InChI is InChI=1S/C9H8N4O/c1-6(14)10-5-7-2-3-8-9(4-7)12-13-11-8/h2-5H,1H3,(H,11,12,13). The Morgan fingerprint density at radius 2 is 2.21 bits per heavy atom. The Labute approximate surface area is 79.9 Å². The van der Waals surface area contributed by atoms with Gasteiger partial charge in [-0.25, -0.2) is 4.99 Å². The number of rotatable bonds is 1. The Morgan fingerprint density at radius 1 is 1.43 bits per heavy atom. The number of H-pyrrole nitrogens is 1. The molecular formula is C9H8N4O. The molecular weight excluding hydrogens is 180 g/mol. The molecule has 0 radical (unpaired) electrons. The van der Waals surface area contributed by atoms with E-state index in [9.17, 15) is 4.79 Å². The molecule has 0 unspecified atom stereocenters. The van der Waals surface area contributed by atoms with Gasteiger partial charge in [0, 0.05) is 13.1 Å². The topological polar surface area (TPSA) is 71.0 Å². The fourth-order valence-electron chi connectivity index (χ4n) is 1.10. The van der Waals surface area contributed by atoms with Crippen LogP contribution in [-0.2, 0) is 4.79 Å². The molecule has 0 aliphatic heterocycles. The maximum absolute atomic E-state index is 10.6. The monoisotopic (exact) mass is 188 g/mol. The van der Waals surface area contributed by atoms with Crippen molar-refractivity contribution >= 4 is 23.2 Å². The fourth-order valence-corrected chi connectivity index (χ4v) is 1.10. The second kappa shape index (κ2) is 3.37. The highest BCUT2D eigenvalue weighted by Crippen LogP contribution is 2.08. The molecule has 5 heteroatoms. The number of nitrogens with one attached hydrogen (secondary N) is 1. The van der Waals surface area contributed by atoms with Crippen LogP contribution in [0.5, 0.6) is 0 Å². The Bertz CT molecular complexity index is 500. The number of nitrogens with zero attached hydrogens (tertiary/aromatic N) is 3. The van der Waals surface area contributed by atoms with Gasteiger partial charge in [-0.3, -0.25) is 4.79 Å². The van der Waals surface area contributed by atoms with E-state index in [4.69, 9.17) is 0 Å². The van der Waals surface area contributed by atoms with Crippen molar-refractivity contribution in [2.45, 2.75) is 6.92 Å². The molecule has 5 nitrogen and oxygen atoms in total. The van der Waals surface area contributed by atoms with Crippen molar-refractivity contribution < 1.29 is 4.79 Å². The zero-order valence-electron chi connectivity index (χ0n) is 7.56. The minimum absolute atomic E-state index is 0.217. The van der Waals surface area contributed by atoms with Crippen molar-refractivity contribution in [2.24, 2.45) is 4.99 Å². The number of hydrogen-bond donors (Lipinski definition) is 1. The normalized spacial score (nSPS) is 11.2. The predicted octanol–water partition coefficient (Wildman–Crippen LogP) is 0.923. The van der Waals surface area contributed by atoms with Crippen LogP contribution in [0.2, 0.25) is 0 Å². The molecule has 0 aliphatic rings. The van der Waals surface area contributed by atoms with Crippen LogP contribution in [0.1, 0.15) is 12.5 Å². The summed E-state index contributed by atoms with van der Waals surface area (Å²) in [5.41, 5.74) is 2.39. The number of carbonyl (C=O) groups excluding carboxylic acids is 1. The molecule has 1 heterocycles. The number of aromatic nitrogens is 3. The van der Waals surface area contributed by atoms with E-state index in [1.54, 1.807) is 0 Å². The Morgan fingerprint density at radius 3 is 3.00 bits per heavy atom. The van der Waals surface area contributed by atoms with Crippen molar-refractivity contribution in [2.75, 3.05) is 0 Å². The van der Waals surface area contributed by atoms with Crippen molar-refractivity contribution in [3.8, 4) is 0 Å². The molecule has 70 valence electrons. The quantitative estimate of drug-likeness (QED) is 0.676. The lowest BCUT2D eigenvalue weighted by Gasteiger charge is -1.90. The van der Waals surface area contributed by atoms with E-state index in [1.165, 1.54) is 13.1 Å². The smallest absolute Gasteiger partial charge is 0.242 e. The Kier molecular flexibility index (Phi) is 2.06. The van der Waals surface area contributed by atoms with Crippen molar-refractivity contribution in [3.63, 3.8) is 0 Å². The lowest BCUT2D eigenvalue weighted by atomic mass is 10.2. The summed E-state index contributed by atoms with van der Waals surface area (Å²) in [5.74, 6) is -0.217. The minimum Gasteiger partial charge on any atom is -0.273 e. The maximum atomic E-state index is 10.6. The molecule has 0 saturated carbocycles. The largest absolute Gasteiger partial charge is 0.273 e. The van der Waals surface area contributed by atoms with E-state index in [0.29, 0.717) is 0 Å². The summed E-state index contributed by atoms with van der Waals surface area (Å²) in [6, 6.07) is 5.46. The highest BCUT2D eigenvalue weighted by molar-refractivity contribution is 5.93. The first-order valence-corrected chi connectivity index (χ1v) is 4.11. The van der Waals surface area contributed by atoms with E-state index < -0.39 is 0 Å². The molecule has 0 aliphatic carbocycles. The third-order valence-corrected chi connectivity index (χ3v) is 1.74. The second-order valence-electron chi connectivity index (χ2n) is 2.85. The van der Waals surface area contributed by atoms with Gasteiger partial charge in [0.25, 0.3) is 0 Å². The highest BCUT2D eigenvalue weighted by atomic mass is 16.1. The molecule has 0 saturated heterocycles. The summed E-state index contributed by atoms with van der Waals surface area (Å²) in [6.07, 6.45) is 1.51. The summed E-state index contributed by atoms with van der Waals surface area (Å²) < 4.78 is 0. The lowest BCUT2D eigenvalue weighted by molar-refractivity contribution is -0.115. The number of hydrogen-bond acceptors (Lipinski definition) is 3.